The Labute approximate surface area is 93.4 Å². The molecule has 0 aliphatic rings. The summed E-state index contributed by atoms with van der Waals surface area (Å²) in [4.78, 5) is 9.55. The van der Waals surface area contributed by atoms with Crippen LogP contribution in [0.25, 0.3) is 0 Å². The highest BCUT2D eigenvalue weighted by atomic mass is 19.4. The second kappa shape index (κ2) is 4.98. The molecule has 0 heterocycles. The van der Waals surface area contributed by atoms with E-state index in [9.17, 15) is 27.7 Å². The molecule has 0 saturated carbocycles. The van der Waals surface area contributed by atoms with Gasteiger partial charge in [0.15, 0.2) is 0 Å². The van der Waals surface area contributed by atoms with Gasteiger partial charge >= 0.3 is 6.18 Å². The fourth-order valence-corrected chi connectivity index (χ4v) is 1.13. The van der Waals surface area contributed by atoms with Crippen LogP contribution in [0.5, 0.6) is 0 Å². The summed E-state index contributed by atoms with van der Waals surface area (Å²) in [5.41, 5.74) is -0.569. The van der Waals surface area contributed by atoms with Crippen molar-refractivity contribution in [2.24, 2.45) is 0 Å². The normalized spacial score (nSPS) is 11.3. The number of nitrogens with zero attached hydrogens (tertiary/aromatic N) is 1. The fourth-order valence-electron chi connectivity index (χ4n) is 1.13. The average Bonchev–Trinajstić information content (AvgIpc) is 2.14. The van der Waals surface area contributed by atoms with E-state index in [-0.39, 0.29) is 5.69 Å². The van der Waals surface area contributed by atoms with Gasteiger partial charge in [-0.25, -0.2) is 4.39 Å². The number of alkyl halides is 3. The molecule has 0 radical (unpaired) electrons. The molecule has 8 heteroatoms. The molecule has 1 rings (SSSR count). The molecule has 17 heavy (non-hydrogen) atoms. The number of benzene rings is 1. The minimum atomic E-state index is -4.33. The minimum Gasteiger partial charge on any atom is -0.384 e. The molecular formula is C9H8F4N2O2. The van der Waals surface area contributed by atoms with Gasteiger partial charge in [0, 0.05) is 18.3 Å². The number of rotatable bonds is 4. The standard InChI is InChI=1S/C9H8F4N2O2/c10-6-3-7(5-8(4-6)15(16)17)14-2-1-9(11,12)13/h3-5,14H,1-2H2. The fraction of sp³-hybridized carbons (Fsp3) is 0.333. The number of hydrogen-bond donors (Lipinski definition) is 1. The molecule has 1 aromatic carbocycles. The summed E-state index contributed by atoms with van der Waals surface area (Å²) in [6, 6.07) is 2.55. The zero-order valence-corrected chi connectivity index (χ0v) is 8.42. The van der Waals surface area contributed by atoms with E-state index in [2.05, 4.69) is 5.32 Å². The summed E-state index contributed by atoms with van der Waals surface area (Å²) in [5.74, 6) is -0.881. The summed E-state index contributed by atoms with van der Waals surface area (Å²) in [7, 11) is 0. The molecule has 4 nitrogen and oxygen atoms in total. The third-order valence-electron chi connectivity index (χ3n) is 1.83. The van der Waals surface area contributed by atoms with Crippen LogP contribution in [0, 0.1) is 15.9 Å². The van der Waals surface area contributed by atoms with E-state index < -0.39 is 35.6 Å². The van der Waals surface area contributed by atoms with E-state index in [1.165, 1.54) is 0 Å². The average molecular weight is 252 g/mol. The first-order chi connectivity index (χ1) is 7.78. The first-order valence-corrected chi connectivity index (χ1v) is 4.53. The quantitative estimate of drug-likeness (QED) is 0.509. The first kappa shape index (κ1) is 13.2. The predicted octanol–water partition coefficient (Wildman–Crippen LogP) is 3.10. The molecule has 0 saturated heterocycles. The second-order valence-corrected chi connectivity index (χ2v) is 3.25. The zero-order valence-electron chi connectivity index (χ0n) is 8.42. The third-order valence-corrected chi connectivity index (χ3v) is 1.83. The third kappa shape index (κ3) is 4.66. The van der Waals surface area contributed by atoms with Crippen LogP contribution >= 0.6 is 0 Å². The number of nitro groups is 1. The highest BCUT2D eigenvalue weighted by Crippen LogP contribution is 2.22. The van der Waals surface area contributed by atoms with Crippen molar-refractivity contribution in [3.63, 3.8) is 0 Å². The Balaban J connectivity index is 2.68. The molecule has 0 atom stereocenters. The number of nitrogens with one attached hydrogen (secondary N) is 1. The molecule has 0 unspecified atom stereocenters. The van der Waals surface area contributed by atoms with Gasteiger partial charge in [-0.1, -0.05) is 0 Å². The summed E-state index contributed by atoms with van der Waals surface area (Å²) in [6.07, 6.45) is -5.43. The number of hydrogen-bond acceptors (Lipinski definition) is 3. The van der Waals surface area contributed by atoms with Gasteiger partial charge < -0.3 is 5.32 Å². The smallest absolute Gasteiger partial charge is 0.384 e. The summed E-state index contributed by atoms with van der Waals surface area (Å²) in [6.45, 7) is -0.468. The molecule has 0 fully saturated rings. The number of nitro benzene ring substituents is 1. The van der Waals surface area contributed by atoms with Crippen molar-refractivity contribution in [2.45, 2.75) is 12.6 Å². The number of halogens is 4. The highest BCUT2D eigenvalue weighted by molar-refractivity contribution is 5.51. The van der Waals surface area contributed by atoms with Crippen molar-refractivity contribution in [1.82, 2.24) is 0 Å². The van der Waals surface area contributed by atoms with Crippen LogP contribution in [0.15, 0.2) is 18.2 Å². The van der Waals surface area contributed by atoms with Crippen molar-refractivity contribution in [1.29, 1.82) is 0 Å². The van der Waals surface area contributed by atoms with Gasteiger partial charge in [-0.3, -0.25) is 10.1 Å². The van der Waals surface area contributed by atoms with E-state index in [0.717, 1.165) is 12.1 Å². The SMILES string of the molecule is O=[N+]([O-])c1cc(F)cc(NCCC(F)(F)F)c1. The molecule has 0 amide bonds. The maximum Gasteiger partial charge on any atom is 0.390 e. The topological polar surface area (TPSA) is 55.2 Å². The van der Waals surface area contributed by atoms with Crippen LogP contribution in [-0.2, 0) is 0 Å². The van der Waals surface area contributed by atoms with Crippen LogP contribution in [0.2, 0.25) is 0 Å². The highest BCUT2D eigenvalue weighted by Gasteiger charge is 2.26. The molecule has 0 bridgehead atoms. The van der Waals surface area contributed by atoms with Gasteiger partial charge in [-0.2, -0.15) is 13.2 Å². The Bertz CT molecular complexity index is 420. The Morgan fingerprint density at radius 3 is 2.47 bits per heavy atom. The van der Waals surface area contributed by atoms with Crippen molar-refractivity contribution in [3.05, 3.63) is 34.1 Å². The lowest BCUT2D eigenvalue weighted by molar-refractivity contribution is -0.385. The van der Waals surface area contributed by atoms with Gasteiger partial charge in [0.05, 0.1) is 17.4 Å². The van der Waals surface area contributed by atoms with Crippen molar-refractivity contribution >= 4 is 11.4 Å². The van der Waals surface area contributed by atoms with Crippen LogP contribution in [0.3, 0.4) is 0 Å². The lowest BCUT2D eigenvalue weighted by Crippen LogP contribution is -2.14. The lowest BCUT2D eigenvalue weighted by Gasteiger charge is -2.08. The van der Waals surface area contributed by atoms with Crippen LogP contribution < -0.4 is 5.32 Å². The molecule has 1 N–H and O–H groups in total. The Morgan fingerprint density at radius 1 is 1.29 bits per heavy atom. The molecule has 0 aliphatic carbocycles. The minimum absolute atomic E-state index is 0.0547. The molecule has 0 aromatic heterocycles. The van der Waals surface area contributed by atoms with Gasteiger partial charge in [0.1, 0.15) is 5.82 Å². The maximum atomic E-state index is 12.9. The Hall–Kier alpha value is -1.86. The summed E-state index contributed by atoms with van der Waals surface area (Å²) >= 11 is 0. The summed E-state index contributed by atoms with van der Waals surface area (Å²) < 4.78 is 48.4. The van der Waals surface area contributed by atoms with E-state index in [1.807, 2.05) is 0 Å². The lowest BCUT2D eigenvalue weighted by atomic mass is 10.2. The second-order valence-electron chi connectivity index (χ2n) is 3.25. The largest absolute Gasteiger partial charge is 0.390 e. The molecule has 94 valence electrons. The van der Waals surface area contributed by atoms with E-state index >= 15 is 0 Å². The zero-order chi connectivity index (χ0) is 13.1. The molecule has 0 aliphatic heterocycles. The molecular weight excluding hydrogens is 244 g/mol. The van der Waals surface area contributed by atoms with E-state index in [1.54, 1.807) is 0 Å². The first-order valence-electron chi connectivity index (χ1n) is 4.53. The van der Waals surface area contributed by atoms with Crippen LogP contribution in [0.1, 0.15) is 6.42 Å². The van der Waals surface area contributed by atoms with Crippen molar-refractivity contribution in [3.8, 4) is 0 Å². The summed E-state index contributed by atoms with van der Waals surface area (Å²) in [5, 5.41) is 12.6. The van der Waals surface area contributed by atoms with Crippen LogP contribution in [-0.4, -0.2) is 17.6 Å². The molecule has 0 spiro atoms. The monoisotopic (exact) mass is 252 g/mol. The number of anilines is 1. The molecule has 1 aromatic rings. The van der Waals surface area contributed by atoms with Gasteiger partial charge in [0.2, 0.25) is 0 Å². The van der Waals surface area contributed by atoms with Crippen molar-refractivity contribution < 1.29 is 22.5 Å². The van der Waals surface area contributed by atoms with Gasteiger partial charge in [-0.15, -0.1) is 0 Å². The van der Waals surface area contributed by atoms with Crippen LogP contribution in [0.4, 0.5) is 28.9 Å². The maximum absolute atomic E-state index is 12.9. The van der Waals surface area contributed by atoms with E-state index in [0.29, 0.717) is 6.07 Å². The number of non-ortho nitro benzene ring substituents is 1. The Morgan fingerprint density at radius 2 is 1.94 bits per heavy atom. The van der Waals surface area contributed by atoms with Gasteiger partial charge in [-0.05, 0) is 6.07 Å². The predicted molar refractivity (Wildman–Crippen MR) is 52.2 cm³/mol. The van der Waals surface area contributed by atoms with Crippen molar-refractivity contribution in [2.75, 3.05) is 11.9 Å². The van der Waals surface area contributed by atoms with Gasteiger partial charge in [0.25, 0.3) is 5.69 Å². The Kier molecular flexibility index (Phi) is 3.87. The van der Waals surface area contributed by atoms with E-state index in [4.69, 9.17) is 0 Å².